The van der Waals surface area contributed by atoms with E-state index in [1.54, 1.807) is 7.11 Å². The van der Waals surface area contributed by atoms with Crippen LogP contribution < -0.4 is 15.0 Å². The third-order valence-electron chi connectivity index (χ3n) is 6.18. The summed E-state index contributed by atoms with van der Waals surface area (Å²) in [5.74, 6) is 2.80. The number of nitrogens with one attached hydrogen (secondary N) is 1. The number of aromatic nitrogens is 2. The number of nitrogens with zero attached hydrogens (tertiary/aromatic N) is 4. The zero-order valence-electron chi connectivity index (χ0n) is 20.6. The fourth-order valence-corrected chi connectivity index (χ4v) is 4.39. The standard InChI is InChI=1S/C27H33N5O2/c1-18(2)24-20(4)28-25(21-8-6-7-19(3)17-21)30-26(24)31-13-15-32(16-14-31)27(33)29-22-9-11-23(34-5)12-10-22/h6-12,17-18H,13-16H2,1-5H3,(H,29,33). The molecule has 1 aromatic heterocycles. The van der Waals surface area contributed by atoms with Gasteiger partial charge in [0.05, 0.1) is 7.11 Å². The Morgan fingerprint density at radius 1 is 1.00 bits per heavy atom. The minimum absolute atomic E-state index is 0.0896. The molecule has 1 fully saturated rings. The Bertz CT molecular complexity index is 1150. The number of amides is 2. The molecule has 7 heteroatoms. The number of piperazine rings is 1. The number of anilines is 2. The zero-order chi connectivity index (χ0) is 24.2. The molecular weight excluding hydrogens is 426 g/mol. The van der Waals surface area contributed by atoms with Gasteiger partial charge in [0.15, 0.2) is 5.82 Å². The molecule has 3 aromatic rings. The average Bonchev–Trinajstić information content (AvgIpc) is 2.84. The van der Waals surface area contributed by atoms with Gasteiger partial charge in [-0.2, -0.15) is 0 Å². The minimum atomic E-state index is -0.0896. The lowest BCUT2D eigenvalue weighted by molar-refractivity contribution is 0.208. The molecule has 4 rings (SSSR count). The van der Waals surface area contributed by atoms with Crippen LogP contribution >= 0.6 is 0 Å². The molecule has 2 heterocycles. The van der Waals surface area contributed by atoms with Crippen LogP contribution in [0.15, 0.2) is 48.5 Å². The normalized spacial score (nSPS) is 13.8. The van der Waals surface area contributed by atoms with Crippen molar-refractivity contribution >= 4 is 17.5 Å². The topological polar surface area (TPSA) is 70.6 Å². The van der Waals surface area contributed by atoms with Gasteiger partial charge in [-0.15, -0.1) is 0 Å². The zero-order valence-corrected chi connectivity index (χ0v) is 20.6. The lowest BCUT2D eigenvalue weighted by atomic mass is 10.0. The van der Waals surface area contributed by atoms with Gasteiger partial charge in [0.25, 0.3) is 0 Å². The molecule has 1 N–H and O–H groups in total. The maximum absolute atomic E-state index is 12.8. The number of urea groups is 1. The molecule has 0 spiro atoms. The molecule has 7 nitrogen and oxygen atoms in total. The summed E-state index contributed by atoms with van der Waals surface area (Å²) in [6.07, 6.45) is 0. The van der Waals surface area contributed by atoms with Crippen LogP contribution in [0.25, 0.3) is 11.4 Å². The van der Waals surface area contributed by atoms with E-state index in [4.69, 9.17) is 14.7 Å². The van der Waals surface area contributed by atoms with Gasteiger partial charge in [-0.25, -0.2) is 14.8 Å². The number of methoxy groups -OCH3 is 1. The van der Waals surface area contributed by atoms with Crippen LogP contribution in [0.4, 0.5) is 16.3 Å². The van der Waals surface area contributed by atoms with E-state index in [0.29, 0.717) is 19.0 Å². The molecule has 0 atom stereocenters. The molecule has 0 saturated carbocycles. The van der Waals surface area contributed by atoms with Crippen molar-refractivity contribution < 1.29 is 9.53 Å². The second-order valence-electron chi connectivity index (χ2n) is 9.03. The number of carbonyl (C=O) groups is 1. The van der Waals surface area contributed by atoms with Gasteiger partial charge in [0, 0.05) is 48.7 Å². The number of hydrogen-bond donors (Lipinski definition) is 1. The van der Waals surface area contributed by atoms with Crippen molar-refractivity contribution in [1.29, 1.82) is 0 Å². The minimum Gasteiger partial charge on any atom is -0.497 e. The number of hydrogen-bond acceptors (Lipinski definition) is 5. The van der Waals surface area contributed by atoms with Crippen LogP contribution in [0.3, 0.4) is 0 Å². The van der Waals surface area contributed by atoms with Gasteiger partial charge in [-0.3, -0.25) is 0 Å². The van der Waals surface area contributed by atoms with Crippen molar-refractivity contribution in [2.45, 2.75) is 33.6 Å². The summed E-state index contributed by atoms with van der Waals surface area (Å²) in [5.41, 5.74) is 5.15. The van der Waals surface area contributed by atoms with Gasteiger partial charge >= 0.3 is 6.03 Å². The summed E-state index contributed by atoms with van der Waals surface area (Å²) in [7, 11) is 1.63. The maximum Gasteiger partial charge on any atom is 0.321 e. The Kier molecular flexibility index (Phi) is 7.01. The summed E-state index contributed by atoms with van der Waals surface area (Å²) >= 11 is 0. The summed E-state index contributed by atoms with van der Waals surface area (Å²) in [4.78, 5) is 26.8. The summed E-state index contributed by atoms with van der Waals surface area (Å²) < 4.78 is 5.18. The summed E-state index contributed by atoms with van der Waals surface area (Å²) in [6.45, 7) is 11.2. The molecule has 34 heavy (non-hydrogen) atoms. The van der Waals surface area contributed by atoms with Crippen molar-refractivity contribution in [2.24, 2.45) is 0 Å². The molecule has 0 unspecified atom stereocenters. The summed E-state index contributed by atoms with van der Waals surface area (Å²) in [5, 5.41) is 2.98. The highest BCUT2D eigenvalue weighted by atomic mass is 16.5. The molecule has 1 aliphatic heterocycles. The van der Waals surface area contributed by atoms with Crippen molar-refractivity contribution in [2.75, 3.05) is 43.5 Å². The first-order valence-corrected chi connectivity index (χ1v) is 11.8. The van der Waals surface area contributed by atoms with E-state index in [1.807, 2.05) is 35.2 Å². The Labute approximate surface area is 201 Å². The first kappa shape index (κ1) is 23.5. The van der Waals surface area contributed by atoms with Crippen LogP contribution in [-0.2, 0) is 0 Å². The SMILES string of the molecule is COc1ccc(NC(=O)N2CCN(c3nc(-c4cccc(C)c4)nc(C)c3C(C)C)CC2)cc1. The quantitative estimate of drug-likeness (QED) is 0.565. The third kappa shape index (κ3) is 5.14. The van der Waals surface area contributed by atoms with Gasteiger partial charge in [0.1, 0.15) is 11.6 Å². The van der Waals surface area contributed by atoms with E-state index in [0.717, 1.165) is 47.4 Å². The Balaban J connectivity index is 1.51. The van der Waals surface area contributed by atoms with Gasteiger partial charge in [0.2, 0.25) is 0 Å². The molecule has 1 saturated heterocycles. The second kappa shape index (κ2) is 10.1. The van der Waals surface area contributed by atoms with Crippen molar-refractivity contribution in [3.8, 4) is 17.1 Å². The van der Waals surface area contributed by atoms with Crippen molar-refractivity contribution in [1.82, 2.24) is 14.9 Å². The van der Waals surface area contributed by atoms with Crippen LogP contribution in [0.1, 0.15) is 36.6 Å². The largest absolute Gasteiger partial charge is 0.497 e. The predicted octanol–water partition coefficient (Wildman–Crippen LogP) is 5.25. The molecule has 0 radical (unpaired) electrons. The predicted molar refractivity (Wildman–Crippen MR) is 137 cm³/mol. The van der Waals surface area contributed by atoms with E-state index >= 15 is 0 Å². The van der Waals surface area contributed by atoms with E-state index in [9.17, 15) is 4.79 Å². The Morgan fingerprint density at radius 3 is 2.32 bits per heavy atom. The first-order chi connectivity index (χ1) is 16.4. The monoisotopic (exact) mass is 459 g/mol. The second-order valence-corrected chi connectivity index (χ2v) is 9.03. The number of benzene rings is 2. The highest BCUT2D eigenvalue weighted by molar-refractivity contribution is 5.89. The van der Waals surface area contributed by atoms with Crippen LogP contribution in [0.2, 0.25) is 0 Å². The Hall–Kier alpha value is -3.61. The Morgan fingerprint density at radius 2 is 1.71 bits per heavy atom. The fourth-order valence-electron chi connectivity index (χ4n) is 4.39. The summed E-state index contributed by atoms with van der Waals surface area (Å²) in [6, 6.07) is 15.6. The number of rotatable bonds is 5. The first-order valence-electron chi connectivity index (χ1n) is 11.8. The van der Waals surface area contributed by atoms with E-state index in [-0.39, 0.29) is 6.03 Å². The third-order valence-corrected chi connectivity index (χ3v) is 6.18. The van der Waals surface area contributed by atoms with Gasteiger partial charge < -0.3 is 19.9 Å². The van der Waals surface area contributed by atoms with Crippen LogP contribution in [0, 0.1) is 13.8 Å². The molecule has 1 aliphatic rings. The molecule has 2 aromatic carbocycles. The van der Waals surface area contributed by atoms with E-state index in [2.05, 4.69) is 56.1 Å². The van der Waals surface area contributed by atoms with E-state index < -0.39 is 0 Å². The molecular formula is C27H33N5O2. The highest BCUT2D eigenvalue weighted by Crippen LogP contribution is 2.31. The number of aryl methyl sites for hydroxylation is 2. The number of ether oxygens (including phenoxy) is 1. The maximum atomic E-state index is 12.8. The molecule has 2 amide bonds. The van der Waals surface area contributed by atoms with Gasteiger partial charge in [-0.05, 0) is 50.1 Å². The molecule has 0 aliphatic carbocycles. The van der Waals surface area contributed by atoms with Gasteiger partial charge in [-0.1, -0.05) is 37.6 Å². The van der Waals surface area contributed by atoms with E-state index in [1.165, 1.54) is 11.1 Å². The highest BCUT2D eigenvalue weighted by Gasteiger charge is 2.26. The molecule has 0 bridgehead atoms. The lowest BCUT2D eigenvalue weighted by Crippen LogP contribution is -2.50. The van der Waals surface area contributed by atoms with Crippen molar-refractivity contribution in [3.05, 3.63) is 65.4 Å². The van der Waals surface area contributed by atoms with Crippen LogP contribution in [-0.4, -0.2) is 54.2 Å². The smallest absolute Gasteiger partial charge is 0.321 e. The lowest BCUT2D eigenvalue weighted by Gasteiger charge is -2.37. The molecule has 178 valence electrons. The van der Waals surface area contributed by atoms with Crippen molar-refractivity contribution in [3.63, 3.8) is 0 Å². The fraction of sp³-hybridized carbons (Fsp3) is 0.370. The number of carbonyl (C=O) groups excluding carboxylic acids is 1. The average molecular weight is 460 g/mol. The van der Waals surface area contributed by atoms with Crippen LogP contribution in [0.5, 0.6) is 5.75 Å².